The Morgan fingerprint density at radius 3 is 2.75 bits per heavy atom. The first kappa shape index (κ1) is 14.4. The highest BCUT2D eigenvalue weighted by Gasteiger charge is 2.29. The zero-order chi connectivity index (χ0) is 14.7. The summed E-state index contributed by atoms with van der Waals surface area (Å²) in [7, 11) is 0. The van der Waals surface area contributed by atoms with Gasteiger partial charge in [0.15, 0.2) is 5.11 Å². The lowest BCUT2D eigenvalue weighted by atomic mass is 10.1. The maximum atomic E-state index is 12.3. The Balaban J connectivity index is 2.32. The van der Waals surface area contributed by atoms with Crippen molar-refractivity contribution in [1.82, 2.24) is 10.2 Å². The average Bonchev–Trinajstić information content (AvgIpc) is 2.66. The van der Waals surface area contributed by atoms with Crippen LogP contribution in [0.2, 0.25) is 0 Å². The van der Waals surface area contributed by atoms with Crippen LogP contribution in [0.5, 0.6) is 5.75 Å². The number of nitrogens with one attached hydrogen (secondary N) is 1. The molecule has 0 radical (unpaired) electrons. The number of hydrogen-bond acceptors (Lipinski definition) is 3. The maximum Gasteiger partial charge on any atom is 0.387 e. The number of nitrogens with zero attached hydrogens (tertiary/aromatic N) is 1. The molecule has 1 heterocycles. The fourth-order valence-electron chi connectivity index (χ4n) is 1.82. The molecule has 0 saturated carbocycles. The van der Waals surface area contributed by atoms with E-state index in [1.165, 1.54) is 17.0 Å². The monoisotopic (exact) mass is 298 g/mol. The molecule has 1 N–H and O–H groups in total. The van der Waals surface area contributed by atoms with Crippen molar-refractivity contribution in [3.05, 3.63) is 35.5 Å². The van der Waals surface area contributed by atoms with Crippen molar-refractivity contribution in [3.8, 4) is 5.75 Å². The predicted octanol–water partition coefficient (Wildman–Crippen LogP) is 2.37. The number of thiocarbonyl (C=S) groups is 1. The van der Waals surface area contributed by atoms with Gasteiger partial charge in [-0.15, -0.1) is 0 Å². The Morgan fingerprint density at radius 2 is 2.15 bits per heavy atom. The summed E-state index contributed by atoms with van der Waals surface area (Å²) < 4.78 is 29.0. The Morgan fingerprint density at radius 1 is 1.45 bits per heavy atom. The minimum absolute atomic E-state index is 0.00506. The molecule has 0 bridgehead atoms. The standard InChI is InChI=1S/C13H12F2N2O2S/c1-2-17-11(18)9(16-13(17)20)7-8-5-3-4-6-10(8)19-12(14)15/h3-7,12H,2H2,1H3,(H,16,20)/b9-7+. The summed E-state index contributed by atoms with van der Waals surface area (Å²) in [5, 5.41) is 3.06. The lowest BCUT2D eigenvalue weighted by Crippen LogP contribution is -2.30. The number of carbonyl (C=O) groups excluding carboxylic acids is 1. The molecule has 1 aliphatic rings. The van der Waals surface area contributed by atoms with E-state index in [1.807, 2.05) is 0 Å². The topological polar surface area (TPSA) is 41.6 Å². The molecule has 1 aliphatic heterocycles. The van der Waals surface area contributed by atoms with Gasteiger partial charge in [-0.05, 0) is 31.3 Å². The Hall–Kier alpha value is -2.02. The van der Waals surface area contributed by atoms with E-state index in [9.17, 15) is 13.6 Å². The number of ether oxygens (including phenoxy) is 1. The van der Waals surface area contributed by atoms with Gasteiger partial charge in [-0.1, -0.05) is 18.2 Å². The Kier molecular flexibility index (Phi) is 4.29. The highest BCUT2D eigenvalue weighted by molar-refractivity contribution is 7.80. The normalized spacial score (nSPS) is 17.0. The third-order valence-corrected chi connectivity index (χ3v) is 3.04. The molecule has 106 valence electrons. The van der Waals surface area contributed by atoms with Gasteiger partial charge in [0, 0.05) is 12.1 Å². The van der Waals surface area contributed by atoms with Crippen LogP contribution in [-0.2, 0) is 4.79 Å². The number of benzene rings is 1. The lowest BCUT2D eigenvalue weighted by Gasteiger charge is -2.09. The number of likely N-dealkylation sites (N-methyl/N-ethyl adjacent to an activating group) is 1. The molecule has 1 aromatic carbocycles. The lowest BCUT2D eigenvalue weighted by molar-refractivity contribution is -0.122. The molecule has 1 amide bonds. The maximum absolute atomic E-state index is 12.3. The average molecular weight is 298 g/mol. The van der Waals surface area contributed by atoms with Crippen LogP contribution in [0.15, 0.2) is 30.0 Å². The van der Waals surface area contributed by atoms with Crippen LogP contribution in [-0.4, -0.2) is 29.1 Å². The predicted molar refractivity (Wildman–Crippen MR) is 74.2 cm³/mol. The molecule has 0 spiro atoms. The first-order chi connectivity index (χ1) is 9.52. The second kappa shape index (κ2) is 5.96. The summed E-state index contributed by atoms with van der Waals surface area (Å²) in [6, 6.07) is 6.23. The number of carbonyl (C=O) groups is 1. The van der Waals surface area contributed by atoms with Crippen LogP contribution in [0.3, 0.4) is 0 Å². The van der Waals surface area contributed by atoms with E-state index in [0.717, 1.165) is 0 Å². The Bertz CT molecular complexity index is 575. The van der Waals surface area contributed by atoms with Crippen molar-refractivity contribution < 1.29 is 18.3 Å². The summed E-state index contributed by atoms with van der Waals surface area (Å²) in [6.45, 7) is -0.685. The van der Waals surface area contributed by atoms with E-state index >= 15 is 0 Å². The van der Waals surface area contributed by atoms with Gasteiger partial charge in [-0.3, -0.25) is 9.69 Å². The van der Waals surface area contributed by atoms with Gasteiger partial charge in [0.05, 0.1) is 0 Å². The van der Waals surface area contributed by atoms with Crippen LogP contribution in [0.1, 0.15) is 12.5 Å². The van der Waals surface area contributed by atoms with Crippen LogP contribution in [0.4, 0.5) is 8.78 Å². The van der Waals surface area contributed by atoms with E-state index in [0.29, 0.717) is 17.2 Å². The molecular weight excluding hydrogens is 286 g/mol. The van der Waals surface area contributed by atoms with Gasteiger partial charge in [-0.25, -0.2) is 0 Å². The fourth-order valence-corrected chi connectivity index (χ4v) is 2.14. The molecule has 1 saturated heterocycles. The minimum Gasteiger partial charge on any atom is -0.434 e. The smallest absolute Gasteiger partial charge is 0.387 e. The summed E-state index contributed by atoms with van der Waals surface area (Å²) in [5.41, 5.74) is 0.617. The number of alkyl halides is 2. The van der Waals surface area contributed by atoms with Crippen LogP contribution < -0.4 is 10.1 Å². The SMILES string of the molecule is CCN1C(=O)/C(=C\c2ccccc2OC(F)F)NC1=S. The molecule has 2 rings (SSSR count). The zero-order valence-corrected chi connectivity index (χ0v) is 11.4. The number of halogens is 2. The Labute approximate surface area is 120 Å². The van der Waals surface area contributed by atoms with Crippen molar-refractivity contribution in [1.29, 1.82) is 0 Å². The number of amides is 1. The van der Waals surface area contributed by atoms with Crippen molar-refractivity contribution >= 4 is 29.3 Å². The van der Waals surface area contributed by atoms with Crippen molar-refractivity contribution in [2.24, 2.45) is 0 Å². The summed E-state index contributed by atoms with van der Waals surface area (Å²) in [5.74, 6) is -0.283. The van der Waals surface area contributed by atoms with E-state index in [2.05, 4.69) is 10.1 Å². The van der Waals surface area contributed by atoms with Gasteiger partial charge >= 0.3 is 6.61 Å². The number of para-hydroxylation sites is 1. The summed E-state index contributed by atoms with van der Waals surface area (Å²) in [4.78, 5) is 13.4. The van der Waals surface area contributed by atoms with Gasteiger partial charge in [0.25, 0.3) is 5.91 Å². The van der Waals surface area contributed by atoms with Crippen molar-refractivity contribution in [2.75, 3.05) is 6.54 Å². The van der Waals surface area contributed by atoms with E-state index in [1.54, 1.807) is 25.1 Å². The highest BCUT2D eigenvalue weighted by Crippen LogP contribution is 2.24. The van der Waals surface area contributed by atoms with Crippen LogP contribution >= 0.6 is 12.2 Å². The molecule has 0 atom stereocenters. The van der Waals surface area contributed by atoms with Gasteiger partial charge in [0.2, 0.25) is 0 Å². The molecule has 1 aromatic rings. The zero-order valence-electron chi connectivity index (χ0n) is 10.6. The molecule has 0 aliphatic carbocycles. The molecule has 7 heteroatoms. The van der Waals surface area contributed by atoms with Crippen LogP contribution in [0, 0.1) is 0 Å². The minimum atomic E-state index is -2.92. The first-order valence-corrected chi connectivity index (χ1v) is 6.32. The van der Waals surface area contributed by atoms with Gasteiger partial charge in [0.1, 0.15) is 11.4 Å². The number of hydrogen-bond donors (Lipinski definition) is 1. The van der Waals surface area contributed by atoms with Crippen molar-refractivity contribution in [2.45, 2.75) is 13.5 Å². The van der Waals surface area contributed by atoms with Crippen LogP contribution in [0.25, 0.3) is 6.08 Å². The largest absolute Gasteiger partial charge is 0.434 e. The second-order valence-electron chi connectivity index (χ2n) is 3.95. The molecule has 0 unspecified atom stereocenters. The first-order valence-electron chi connectivity index (χ1n) is 5.91. The molecular formula is C13H12F2N2O2S. The third kappa shape index (κ3) is 2.93. The molecule has 4 nitrogen and oxygen atoms in total. The third-order valence-electron chi connectivity index (χ3n) is 2.71. The van der Waals surface area contributed by atoms with Gasteiger partial charge in [-0.2, -0.15) is 8.78 Å². The van der Waals surface area contributed by atoms with E-state index < -0.39 is 6.61 Å². The second-order valence-corrected chi connectivity index (χ2v) is 4.34. The summed E-state index contributed by atoms with van der Waals surface area (Å²) in [6.07, 6.45) is 1.45. The van der Waals surface area contributed by atoms with E-state index in [-0.39, 0.29) is 17.4 Å². The quantitative estimate of drug-likeness (QED) is 0.684. The number of rotatable bonds is 4. The fraction of sp³-hybridized carbons (Fsp3) is 0.231. The van der Waals surface area contributed by atoms with Gasteiger partial charge < -0.3 is 10.1 Å². The molecule has 1 fully saturated rings. The summed E-state index contributed by atoms with van der Waals surface area (Å²) >= 11 is 5.01. The molecule has 20 heavy (non-hydrogen) atoms. The van der Waals surface area contributed by atoms with E-state index in [4.69, 9.17) is 12.2 Å². The van der Waals surface area contributed by atoms with Crippen molar-refractivity contribution in [3.63, 3.8) is 0 Å². The highest BCUT2D eigenvalue weighted by atomic mass is 32.1. The molecule has 0 aromatic heterocycles.